The number of urea groups is 1. The van der Waals surface area contributed by atoms with E-state index in [4.69, 9.17) is 23.2 Å². The van der Waals surface area contributed by atoms with Crippen LogP contribution in [0.5, 0.6) is 0 Å². The highest BCUT2D eigenvalue weighted by Gasteiger charge is 2.22. The number of nitrogens with one attached hydrogen (secondary N) is 1. The number of pyridine rings is 1. The van der Waals surface area contributed by atoms with E-state index in [0.717, 1.165) is 4.90 Å². The van der Waals surface area contributed by atoms with Crippen molar-refractivity contribution in [1.82, 2.24) is 14.6 Å². The van der Waals surface area contributed by atoms with Crippen LogP contribution in [0.1, 0.15) is 0 Å². The van der Waals surface area contributed by atoms with Gasteiger partial charge in [0.15, 0.2) is 5.15 Å². The van der Waals surface area contributed by atoms with Crippen LogP contribution in [0.15, 0.2) is 17.0 Å². The second-order valence-electron chi connectivity index (χ2n) is 3.23. The van der Waals surface area contributed by atoms with Gasteiger partial charge in [-0.25, -0.2) is 22.9 Å². The molecule has 0 aromatic carbocycles. The highest BCUT2D eigenvalue weighted by atomic mass is 35.5. The van der Waals surface area contributed by atoms with Crippen LogP contribution in [0.25, 0.3) is 0 Å². The van der Waals surface area contributed by atoms with Crippen molar-refractivity contribution in [1.29, 1.82) is 0 Å². The molecule has 0 aliphatic rings. The van der Waals surface area contributed by atoms with Gasteiger partial charge in [-0.3, -0.25) is 0 Å². The number of carbonyl (C=O) groups excluding carboxylic acids is 1. The monoisotopic (exact) mass is 297 g/mol. The lowest BCUT2D eigenvalue weighted by molar-refractivity contribution is 0.223. The summed E-state index contributed by atoms with van der Waals surface area (Å²) >= 11 is 11.2. The van der Waals surface area contributed by atoms with Gasteiger partial charge in [-0.2, -0.15) is 0 Å². The van der Waals surface area contributed by atoms with Crippen LogP contribution in [0, 0.1) is 0 Å². The number of hydrogen-bond donors (Lipinski definition) is 1. The van der Waals surface area contributed by atoms with E-state index in [1.807, 2.05) is 4.72 Å². The molecule has 0 unspecified atom stereocenters. The maximum absolute atomic E-state index is 11.8. The third kappa shape index (κ3) is 3.45. The molecule has 0 aliphatic carbocycles. The van der Waals surface area contributed by atoms with Gasteiger partial charge in [0.2, 0.25) is 0 Å². The summed E-state index contributed by atoms with van der Waals surface area (Å²) in [5.41, 5.74) is 0. The average Bonchev–Trinajstić information content (AvgIpc) is 2.15. The van der Waals surface area contributed by atoms with Gasteiger partial charge in [0, 0.05) is 14.1 Å². The molecule has 1 heterocycles. The molecule has 0 fully saturated rings. The highest BCUT2D eigenvalue weighted by Crippen LogP contribution is 2.21. The van der Waals surface area contributed by atoms with Crippen molar-refractivity contribution in [2.75, 3.05) is 14.1 Å². The van der Waals surface area contributed by atoms with E-state index in [2.05, 4.69) is 4.98 Å². The van der Waals surface area contributed by atoms with Gasteiger partial charge in [0.05, 0.1) is 0 Å². The Hall–Kier alpha value is -1.05. The summed E-state index contributed by atoms with van der Waals surface area (Å²) < 4.78 is 25.3. The molecular weight excluding hydrogens is 289 g/mol. The fourth-order valence-electron chi connectivity index (χ4n) is 0.861. The molecule has 1 aromatic heterocycles. The van der Waals surface area contributed by atoms with Gasteiger partial charge < -0.3 is 4.90 Å². The minimum absolute atomic E-state index is 0.0629. The van der Waals surface area contributed by atoms with Crippen LogP contribution < -0.4 is 4.72 Å². The summed E-state index contributed by atoms with van der Waals surface area (Å²) in [6.45, 7) is 0. The van der Waals surface area contributed by atoms with E-state index < -0.39 is 16.1 Å². The largest absolute Gasteiger partial charge is 0.330 e. The number of amides is 2. The minimum atomic E-state index is -4.05. The Morgan fingerprint density at radius 1 is 1.35 bits per heavy atom. The minimum Gasteiger partial charge on any atom is -0.330 e. The molecule has 0 aliphatic heterocycles. The van der Waals surface area contributed by atoms with E-state index in [-0.39, 0.29) is 15.2 Å². The van der Waals surface area contributed by atoms with Gasteiger partial charge in [-0.05, 0) is 12.1 Å². The zero-order valence-electron chi connectivity index (χ0n) is 8.94. The molecule has 0 saturated carbocycles. The van der Waals surface area contributed by atoms with Gasteiger partial charge in [-0.1, -0.05) is 23.2 Å². The molecule has 17 heavy (non-hydrogen) atoms. The SMILES string of the molecule is CN(C)C(=O)NS(=O)(=O)c1ccc(Cl)nc1Cl. The Labute approximate surface area is 109 Å². The molecule has 1 rings (SSSR count). The van der Waals surface area contributed by atoms with Crippen LogP contribution in [0.3, 0.4) is 0 Å². The maximum atomic E-state index is 11.8. The second-order valence-corrected chi connectivity index (χ2v) is 5.62. The molecule has 1 aromatic rings. The first kappa shape index (κ1) is 14.0. The topological polar surface area (TPSA) is 79.4 Å². The molecule has 0 saturated heterocycles. The van der Waals surface area contributed by atoms with E-state index >= 15 is 0 Å². The number of carbonyl (C=O) groups is 1. The zero-order valence-corrected chi connectivity index (χ0v) is 11.3. The molecule has 9 heteroatoms. The lowest BCUT2D eigenvalue weighted by Crippen LogP contribution is -2.38. The van der Waals surface area contributed by atoms with Crippen LogP contribution in [-0.4, -0.2) is 38.4 Å². The molecule has 2 amide bonds. The first-order valence-corrected chi connectivity index (χ1v) is 6.54. The molecule has 6 nitrogen and oxygen atoms in total. The molecular formula is C8H9Cl2N3O3S. The van der Waals surface area contributed by atoms with Crippen LogP contribution in [-0.2, 0) is 10.0 Å². The van der Waals surface area contributed by atoms with E-state index in [1.54, 1.807) is 0 Å². The van der Waals surface area contributed by atoms with Gasteiger partial charge in [-0.15, -0.1) is 0 Å². The normalized spacial score (nSPS) is 11.1. The predicted octanol–water partition coefficient (Wildman–Crippen LogP) is 1.35. The van der Waals surface area contributed by atoms with Crippen molar-refractivity contribution in [2.45, 2.75) is 4.90 Å². The van der Waals surface area contributed by atoms with E-state index in [0.29, 0.717) is 0 Å². The number of aromatic nitrogens is 1. The van der Waals surface area contributed by atoms with Crippen LogP contribution in [0.2, 0.25) is 10.3 Å². The van der Waals surface area contributed by atoms with Crippen molar-refractivity contribution in [3.8, 4) is 0 Å². The smallest absolute Gasteiger partial charge is 0.330 e. The second kappa shape index (κ2) is 5.07. The lowest BCUT2D eigenvalue weighted by atomic mass is 10.5. The Bertz CT molecular complexity index is 545. The Morgan fingerprint density at radius 2 is 1.94 bits per heavy atom. The summed E-state index contributed by atoms with van der Waals surface area (Å²) in [4.78, 5) is 15.6. The molecule has 0 spiro atoms. The fraction of sp³-hybridized carbons (Fsp3) is 0.250. The van der Waals surface area contributed by atoms with Gasteiger partial charge in [0.1, 0.15) is 10.0 Å². The van der Waals surface area contributed by atoms with Gasteiger partial charge >= 0.3 is 6.03 Å². The molecule has 94 valence electrons. The molecule has 0 radical (unpaired) electrons. The first-order chi connectivity index (χ1) is 7.74. The Morgan fingerprint density at radius 3 is 2.41 bits per heavy atom. The van der Waals surface area contributed by atoms with E-state index in [9.17, 15) is 13.2 Å². The van der Waals surface area contributed by atoms with Crippen molar-refractivity contribution >= 4 is 39.3 Å². The van der Waals surface area contributed by atoms with Crippen LogP contribution >= 0.6 is 23.2 Å². The van der Waals surface area contributed by atoms with Crippen molar-refractivity contribution in [2.24, 2.45) is 0 Å². The summed E-state index contributed by atoms with van der Waals surface area (Å²) in [5, 5.41) is -0.232. The number of hydrogen-bond acceptors (Lipinski definition) is 4. The number of nitrogens with zero attached hydrogens (tertiary/aromatic N) is 2. The quantitative estimate of drug-likeness (QED) is 0.836. The summed E-state index contributed by atoms with van der Waals surface area (Å²) in [6.07, 6.45) is 0. The summed E-state index contributed by atoms with van der Waals surface area (Å²) in [5.74, 6) is 0. The van der Waals surface area contributed by atoms with Gasteiger partial charge in [0.25, 0.3) is 10.0 Å². The molecule has 1 N–H and O–H groups in total. The third-order valence-corrected chi connectivity index (χ3v) is 3.66. The van der Waals surface area contributed by atoms with Crippen molar-refractivity contribution < 1.29 is 13.2 Å². The van der Waals surface area contributed by atoms with E-state index in [1.165, 1.54) is 26.2 Å². The fourth-order valence-corrected chi connectivity index (χ4v) is 2.55. The highest BCUT2D eigenvalue weighted by molar-refractivity contribution is 7.90. The first-order valence-electron chi connectivity index (χ1n) is 4.30. The maximum Gasteiger partial charge on any atom is 0.330 e. The molecule has 0 atom stereocenters. The predicted molar refractivity (Wildman–Crippen MR) is 63.7 cm³/mol. The van der Waals surface area contributed by atoms with Crippen molar-refractivity contribution in [3.63, 3.8) is 0 Å². The third-order valence-electron chi connectivity index (χ3n) is 1.70. The lowest BCUT2D eigenvalue weighted by Gasteiger charge is -2.12. The average molecular weight is 298 g/mol. The number of rotatable bonds is 2. The molecule has 0 bridgehead atoms. The number of sulfonamides is 1. The van der Waals surface area contributed by atoms with Crippen molar-refractivity contribution in [3.05, 3.63) is 22.4 Å². The number of halogens is 2. The standard InChI is InChI=1S/C8H9Cl2N3O3S/c1-13(2)8(14)12-17(15,16)5-3-4-6(9)11-7(5)10/h3-4H,1-2H3,(H,12,14). The zero-order chi connectivity index (χ0) is 13.2. The summed E-state index contributed by atoms with van der Waals surface area (Å²) in [6, 6.07) is 1.65. The Kier molecular flexibility index (Phi) is 4.18. The Balaban J connectivity index is 3.10. The van der Waals surface area contributed by atoms with Crippen LogP contribution in [0.4, 0.5) is 4.79 Å². The summed E-state index contributed by atoms with van der Waals surface area (Å²) in [7, 11) is -1.23.